The number of para-hydroxylation sites is 1. The highest BCUT2D eigenvalue weighted by Gasteiger charge is 2.17. The van der Waals surface area contributed by atoms with E-state index in [-0.39, 0.29) is 5.69 Å². The molecular weight excluding hydrogens is 254 g/mol. The third-order valence-corrected chi connectivity index (χ3v) is 3.52. The topological polar surface area (TPSA) is 72.4 Å². The second-order valence-corrected chi connectivity index (χ2v) is 5.38. The molecule has 0 unspecified atom stereocenters. The number of nitro groups is 1. The summed E-state index contributed by atoms with van der Waals surface area (Å²) < 4.78 is 0. The van der Waals surface area contributed by atoms with Crippen molar-refractivity contribution < 1.29 is 4.92 Å². The number of unbranched alkanes of at least 4 members (excludes halogenated alkanes) is 2. The van der Waals surface area contributed by atoms with Crippen LogP contribution in [0.25, 0.3) is 0 Å². The average Bonchev–Trinajstić information content (AvgIpc) is 2.39. The minimum Gasteiger partial charge on any atom is -0.393 e. The number of hydrogen-bond acceptors (Lipinski definition) is 4. The monoisotopic (exact) mass is 279 g/mol. The second kappa shape index (κ2) is 7.85. The normalized spacial score (nSPS) is 11.2. The molecule has 5 heteroatoms. The van der Waals surface area contributed by atoms with E-state index in [4.69, 9.17) is 5.73 Å². The first-order valence-corrected chi connectivity index (χ1v) is 7.23. The SMILES string of the molecule is CCCCCN(Cc1cccc([N+](=O)[O-])c1N)C(C)C. The van der Waals surface area contributed by atoms with Gasteiger partial charge in [-0.2, -0.15) is 0 Å². The summed E-state index contributed by atoms with van der Waals surface area (Å²) in [5.74, 6) is 0. The van der Waals surface area contributed by atoms with Crippen LogP contribution < -0.4 is 5.73 Å². The molecule has 112 valence electrons. The lowest BCUT2D eigenvalue weighted by molar-refractivity contribution is -0.384. The number of nitrogens with two attached hydrogens (primary N) is 1. The molecule has 0 heterocycles. The van der Waals surface area contributed by atoms with Crippen LogP contribution in [0.4, 0.5) is 11.4 Å². The van der Waals surface area contributed by atoms with Crippen LogP contribution in [0.1, 0.15) is 45.6 Å². The van der Waals surface area contributed by atoms with E-state index < -0.39 is 4.92 Å². The lowest BCUT2D eigenvalue weighted by Crippen LogP contribution is -2.31. The molecule has 0 bridgehead atoms. The summed E-state index contributed by atoms with van der Waals surface area (Å²) in [5, 5.41) is 10.9. The Bertz CT molecular complexity index is 447. The predicted octanol–water partition coefficient (Wildman–Crippen LogP) is 3.58. The Morgan fingerprint density at radius 2 is 2.05 bits per heavy atom. The van der Waals surface area contributed by atoms with E-state index in [0.717, 1.165) is 18.5 Å². The van der Waals surface area contributed by atoms with Crippen LogP contribution in [0, 0.1) is 10.1 Å². The summed E-state index contributed by atoms with van der Waals surface area (Å²) in [6.45, 7) is 8.11. The third kappa shape index (κ3) is 4.49. The largest absolute Gasteiger partial charge is 0.393 e. The van der Waals surface area contributed by atoms with Crippen LogP contribution in [0.5, 0.6) is 0 Å². The molecular formula is C15H25N3O2. The summed E-state index contributed by atoms with van der Waals surface area (Å²) in [6, 6.07) is 5.42. The van der Waals surface area contributed by atoms with Crippen molar-refractivity contribution in [1.82, 2.24) is 4.90 Å². The molecule has 1 aromatic carbocycles. The van der Waals surface area contributed by atoms with Gasteiger partial charge in [-0.3, -0.25) is 15.0 Å². The van der Waals surface area contributed by atoms with E-state index in [2.05, 4.69) is 25.7 Å². The van der Waals surface area contributed by atoms with Crippen molar-refractivity contribution in [3.8, 4) is 0 Å². The van der Waals surface area contributed by atoms with Crippen LogP contribution in [0.2, 0.25) is 0 Å². The molecule has 2 N–H and O–H groups in total. The van der Waals surface area contributed by atoms with Crippen LogP contribution in [-0.2, 0) is 6.54 Å². The van der Waals surface area contributed by atoms with E-state index in [9.17, 15) is 10.1 Å². The van der Waals surface area contributed by atoms with Gasteiger partial charge in [0.05, 0.1) is 4.92 Å². The minimum atomic E-state index is -0.421. The Kier molecular flexibility index (Phi) is 6.45. The van der Waals surface area contributed by atoms with Gasteiger partial charge >= 0.3 is 0 Å². The number of anilines is 1. The molecule has 0 amide bonds. The summed E-state index contributed by atoms with van der Waals surface area (Å²) in [4.78, 5) is 12.8. The van der Waals surface area contributed by atoms with E-state index in [1.54, 1.807) is 6.07 Å². The molecule has 1 aromatic rings. The van der Waals surface area contributed by atoms with Crippen LogP contribution >= 0.6 is 0 Å². The molecule has 0 saturated carbocycles. The van der Waals surface area contributed by atoms with Gasteiger partial charge in [-0.05, 0) is 32.4 Å². The molecule has 0 aromatic heterocycles. The fraction of sp³-hybridized carbons (Fsp3) is 0.600. The fourth-order valence-electron chi connectivity index (χ4n) is 2.20. The van der Waals surface area contributed by atoms with Gasteiger partial charge in [0.1, 0.15) is 5.69 Å². The highest BCUT2D eigenvalue weighted by molar-refractivity contribution is 5.62. The lowest BCUT2D eigenvalue weighted by Gasteiger charge is -2.27. The smallest absolute Gasteiger partial charge is 0.292 e. The Balaban J connectivity index is 2.83. The van der Waals surface area contributed by atoms with Crippen LogP contribution in [-0.4, -0.2) is 22.4 Å². The highest BCUT2D eigenvalue weighted by Crippen LogP contribution is 2.26. The van der Waals surface area contributed by atoms with Crippen molar-refractivity contribution in [1.29, 1.82) is 0 Å². The molecule has 0 aliphatic rings. The Morgan fingerprint density at radius 1 is 1.35 bits per heavy atom. The van der Waals surface area contributed by atoms with E-state index in [1.807, 2.05) is 6.07 Å². The number of hydrogen-bond donors (Lipinski definition) is 1. The van der Waals surface area contributed by atoms with Gasteiger partial charge in [-0.1, -0.05) is 31.9 Å². The molecule has 0 atom stereocenters. The maximum absolute atomic E-state index is 10.9. The van der Waals surface area contributed by atoms with Crippen molar-refractivity contribution in [2.24, 2.45) is 0 Å². The third-order valence-electron chi connectivity index (χ3n) is 3.52. The Morgan fingerprint density at radius 3 is 2.60 bits per heavy atom. The van der Waals surface area contributed by atoms with Crippen molar-refractivity contribution in [2.45, 2.75) is 52.6 Å². The van der Waals surface area contributed by atoms with E-state index >= 15 is 0 Å². The number of rotatable bonds is 8. The molecule has 0 radical (unpaired) electrons. The lowest BCUT2D eigenvalue weighted by atomic mass is 10.1. The maximum atomic E-state index is 10.9. The predicted molar refractivity (Wildman–Crippen MR) is 82.6 cm³/mol. The maximum Gasteiger partial charge on any atom is 0.292 e. The highest BCUT2D eigenvalue weighted by atomic mass is 16.6. The zero-order valence-electron chi connectivity index (χ0n) is 12.6. The molecule has 1 rings (SSSR count). The van der Waals surface area contributed by atoms with Crippen molar-refractivity contribution in [3.05, 3.63) is 33.9 Å². The zero-order valence-corrected chi connectivity index (χ0v) is 12.6. The van der Waals surface area contributed by atoms with E-state index in [1.165, 1.54) is 18.9 Å². The Labute approximate surface area is 120 Å². The number of benzene rings is 1. The second-order valence-electron chi connectivity index (χ2n) is 5.38. The van der Waals surface area contributed by atoms with Gasteiger partial charge in [0.25, 0.3) is 5.69 Å². The van der Waals surface area contributed by atoms with Gasteiger partial charge in [0.2, 0.25) is 0 Å². The number of nitrogen functional groups attached to an aromatic ring is 1. The molecule has 0 spiro atoms. The van der Waals surface area contributed by atoms with Gasteiger partial charge in [-0.25, -0.2) is 0 Å². The molecule has 20 heavy (non-hydrogen) atoms. The van der Waals surface area contributed by atoms with Crippen LogP contribution in [0.15, 0.2) is 18.2 Å². The molecule has 0 aliphatic carbocycles. The standard InChI is InChI=1S/C15H25N3O2/c1-4-5-6-10-17(12(2)3)11-13-8-7-9-14(15(13)16)18(19)20/h7-9,12H,4-6,10-11,16H2,1-3H3. The molecule has 0 fully saturated rings. The molecule has 0 aliphatic heterocycles. The number of nitrogens with zero attached hydrogens (tertiary/aromatic N) is 2. The summed E-state index contributed by atoms with van der Waals surface area (Å²) >= 11 is 0. The first-order valence-electron chi connectivity index (χ1n) is 7.23. The van der Waals surface area contributed by atoms with Crippen molar-refractivity contribution >= 4 is 11.4 Å². The summed E-state index contributed by atoms with van der Waals surface area (Å²) in [6.07, 6.45) is 3.53. The summed E-state index contributed by atoms with van der Waals surface area (Å²) in [7, 11) is 0. The first kappa shape index (κ1) is 16.4. The fourth-order valence-corrected chi connectivity index (χ4v) is 2.20. The van der Waals surface area contributed by atoms with Gasteiger partial charge in [-0.15, -0.1) is 0 Å². The first-order chi connectivity index (χ1) is 9.47. The van der Waals surface area contributed by atoms with Crippen molar-refractivity contribution in [2.75, 3.05) is 12.3 Å². The van der Waals surface area contributed by atoms with Crippen LogP contribution in [0.3, 0.4) is 0 Å². The quantitative estimate of drug-likeness (QED) is 0.342. The average molecular weight is 279 g/mol. The van der Waals surface area contributed by atoms with E-state index in [0.29, 0.717) is 18.3 Å². The summed E-state index contributed by atoms with van der Waals surface area (Å²) in [5.41, 5.74) is 7.05. The Hall–Kier alpha value is -1.62. The number of nitro benzene ring substituents is 1. The minimum absolute atomic E-state index is 0.000218. The molecule has 5 nitrogen and oxygen atoms in total. The van der Waals surface area contributed by atoms with Gasteiger partial charge in [0.15, 0.2) is 0 Å². The van der Waals surface area contributed by atoms with Gasteiger partial charge < -0.3 is 5.73 Å². The molecule has 0 saturated heterocycles. The zero-order chi connectivity index (χ0) is 15.1. The van der Waals surface area contributed by atoms with Gasteiger partial charge in [0, 0.05) is 18.7 Å². The van der Waals surface area contributed by atoms with Crippen molar-refractivity contribution in [3.63, 3.8) is 0 Å².